The minimum absolute atomic E-state index is 0.141. The first-order valence-corrected chi connectivity index (χ1v) is 8.38. The summed E-state index contributed by atoms with van der Waals surface area (Å²) in [6, 6.07) is 3.40. The minimum Gasteiger partial charge on any atom is -0.495 e. The van der Waals surface area contributed by atoms with Gasteiger partial charge in [0, 0.05) is 24.0 Å². The van der Waals surface area contributed by atoms with Gasteiger partial charge in [-0.1, -0.05) is 11.6 Å². The molecule has 8 heteroatoms. The summed E-state index contributed by atoms with van der Waals surface area (Å²) in [5.74, 6) is 0.120. The van der Waals surface area contributed by atoms with E-state index in [1.54, 1.807) is 19.2 Å². The van der Waals surface area contributed by atoms with Crippen molar-refractivity contribution in [3.05, 3.63) is 17.2 Å². The summed E-state index contributed by atoms with van der Waals surface area (Å²) in [4.78, 5) is 29.5. The number of rotatable bonds is 2. The highest BCUT2D eigenvalue weighted by Crippen LogP contribution is 2.45. The number of carbonyl (C=O) groups excluding carboxylic acids is 2. The average Bonchev–Trinajstić information content (AvgIpc) is 2.49. The van der Waals surface area contributed by atoms with Crippen molar-refractivity contribution in [3.8, 4) is 5.75 Å². The highest BCUT2D eigenvalue weighted by atomic mass is 35.5. The maximum Gasteiger partial charge on any atom is 0.260 e. The topological polar surface area (TPSA) is 71.0 Å². The van der Waals surface area contributed by atoms with Crippen LogP contribution in [0.3, 0.4) is 0 Å². The zero-order valence-corrected chi connectivity index (χ0v) is 14.5. The molecule has 2 heterocycles. The fraction of sp³-hybridized carbons (Fsp3) is 0.400. The molecule has 0 spiro atoms. The number of ether oxygens (including phenoxy) is 1. The summed E-state index contributed by atoms with van der Waals surface area (Å²) < 4.78 is 5.22. The van der Waals surface area contributed by atoms with E-state index in [2.05, 4.69) is 10.4 Å². The average molecular weight is 354 g/mol. The van der Waals surface area contributed by atoms with Crippen LogP contribution in [-0.4, -0.2) is 40.9 Å². The van der Waals surface area contributed by atoms with E-state index in [0.29, 0.717) is 17.2 Å². The van der Waals surface area contributed by atoms with E-state index in [1.807, 2.05) is 6.92 Å². The Morgan fingerprint density at radius 1 is 1.52 bits per heavy atom. The van der Waals surface area contributed by atoms with Crippen LogP contribution in [0, 0.1) is 0 Å². The lowest BCUT2D eigenvalue weighted by Gasteiger charge is -2.39. The molecule has 6 nitrogen and oxygen atoms in total. The van der Waals surface area contributed by atoms with Crippen molar-refractivity contribution < 1.29 is 14.3 Å². The first-order chi connectivity index (χ1) is 10.9. The molecule has 2 amide bonds. The lowest BCUT2D eigenvalue weighted by Crippen LogP contribution is -2.59. The molecule has 1 saturated heterocycles. The SMILES string of the molecule is COc1cc2c(cc1Cl)N=C1CC(C)N(NC(C)=O)C(=O)C1S2. The van der Waals surface area contributed by atoms with E-state index < -0.39 is 5.25 Å². The maximum atomic E-state index is 12.7. The molecule has 0 radical (unpaired) electrons. The smallest absolute Gasteiger partial charge is 0.260 e. The Morgan fingerprint density at radius 3 is 2.91 bits per heavy atom. The number of methoxy groups -OCH3 is 1. The van der Waals surface area contributed by atoms with Gasteiger partial charge in [0.2, 0.25) is 5.91 Å². The fourth-order valence-corrected chi connectivity index (χ4v) is 4.08. The van der Waals surface area contributed by atoms with Gasteiger partial charge in [-0.15, -0.1) is 11.8 Å². The van der Waals surface area contributed by atoms with Crippen LogP contribution in [0.5, 0.6) is 5.75 Å². The van der Waals surface area contributed by atoms with Gasteiger partial charge in [-0.25, -0.2) is 5.01 Å². The Hall–Kier alpha value is -1.73. The van der Waals surface area contributed by atoms with Gasteiger partial charge in [0.15, 0.2) is 0 Å². The molecule has 0 saturated carbocycles. The minimum atomic E-state index is -0.434. The zero-order chi connectivity index (χ0) is 16.7. The van der Waals surface area contributed by atoms with Crippen molar-refractivity contribution in [2.75, 3.05) is 7.11 Å². The van der Waals surface area contributed by atoms with Gasteiger partial charge in [0.1, 0.15) is 11.0 Å². The highest BCUT2D eigenvalue weighted by molar-refractivity contribution is 8.01. The van der Waals surface area contributed by atoms with Crippen LogP contribution in [-0.2, 0) is 9.59 Å². The highest BCUT2D eigenvalue weighted by Gasteiger charge is 2.41. The monoisotopic (exact) mass is 353 g/mol. The molecule has 1 aromatic rings. The molecule has 23 heavy (non-hydrogen) atoms. The third-order valence-corrected chi connectivity index (χ3v) is 5.32. The van der Waals surface area contributed by atoms with Crippen LogP contribution in [0.2, 0.25) is 5.02 Å². The first kappa shape index (κ1) is 16.1. The number of halogens is 1. The molecule has 1 fully saturated rings. The van der Waals surface area contributed by atoms with Crippen LogP contribution in [0.15, 0.2) is 22.0 Å². The molecular formula is C15H16ClN3O3S. The van der Waals surface area contributed by atoms with Gasteiger partial charge in [-0.2, -0.15) is 0 Å². The number of carbonyl (C=O) groups is 2. The van der Waals surface area contributed by atoms with Crippen LogP contribution in [0.25, 0.3) is 0 Å². The molecule has 2 unspecified atom stereocenters. The number of thioether (sulfide) groups is 1. The van der Waals surface area contributed by atoms with Crippen molar-refractivity contribution in [3.63, 3.8) is 0 Å². The van der Waals surface area contributed by atoms with Gasteiger partial charge >= 0.3 is 0 Å². The third-order valence-electron chi connectivity index (χ3n) is 3.73. The number of aliphatic imine (C=N–C) groups is 1. The summed E-state index contributed by atoms with van der Waals surface area (Å²) in [6.07, 6.45) is 0.604. The van der Waals surface area contributed by atoms with E-state index in [-0.39, 0.29) is 17.9 Å². The predicted octanol–water partition coefficient (Wildman–Crippen LogP) is 2.57. The quantitative estimate of drug-likeness (QED) is 0.887. The number of hydrazine groups is 1. The van der Waals surface area contributed by atoms with Gasteiger partial charge < -0.3 is 4.74 Å². The van der Waals surface area contributed by atoms with Crippen LogP contribution >= 0.6 is 23.4 Å². The summed E-state index contributed by atoms with van der Waals surface area (Å²) in [6.45, 7) is 3.27. The second-order valence-electron chi connectivity index (χ2n) is 5.48. The summed E-state index contributed by atoms with van der Waals surface area (Å²) >= 11 is 7.56. The van der Waals surface area contributed by atoms with Crippen molar-refractivity contribution in [1.29, 1.82) is 0 Å². The van der Waals surface area contributed by atoms with Crippen molar-refractivity contribution >= 4 is 46.6 Å². The van der Waals surface area contributed by atoms with Crippen molar-refractivity contribution in [2.45, 2.75) is 36.5 Å². The van der Waals surface area contributed by atoms with Crippen molar-refractivity contribution in [1.82, 2.24) is 10.4 Å². The Morgan fingerprint density at radius 2 is 2.26 bits per heavy atom. The molecule has 2 aliphatic rings. The molecule has 122 valence electrons. The predicted molar refractivity (Wildman–Crippen MR) is 89.5 cm³/mol. The Balaban J connectivity index is 1.96. The normalized spacial score (nSPS) is 22.9. The number of nitrogens with zero attached hydrogens (tertiary/aromatic N) is 2. The van der Waals surface area contributed by atoms with Crippen LogP contribution < -0.4 is 10.2 Å². The molecular weight excluding hydrogens is 338 g/mol. The summed E-state index contributed by atoms with van der Waals surface area (Å²) in [7, 11) is 1.54. The number of benzene rings is 1. The van der Waals surface area contributed by atoms with Gasteiger partial charge in [-0.3, -0.25) is 20.0 Å². The molecule has 3 rings (SSSR count). The molecule has 1 N–H and O–H groups in total. The largest absolute Gasteiger partial charge is 0.495 e. The number of fused-ring (bicyclic) bond motifs is 2. The molecule has 1 aromatic carbocycles. The lowest BCUT2D eigenvalue weighted by molar-refractivity contribution is -0.142. The molecule has 2 aliphatic heterocycles. The second kappa shape index (κ2) is 6.05. The fourth-order valence-electron chi connectivity index (χ4n) is 2.69. The standard InChI is InChI=1S/C15H16ClN3O3S/c1-7-4-11-14(15(21)19(7)18-8(2)20)23-13-6-12(22-3)9(16)5-10(13)17-11/h5-7,14H,4H2,1-3H3,(H,18,20). The van der Waals surface area contributed by atoms with E-state index in [0.717, 1.165) is 16.3 Å². The number of hydrogen-bond acceptors (Lipinski definition) is 5. The number of piperidine rings is 1. The maximum absolute atomic E-state index is 12.7. The van der Waals surface area contributed by atoms with Gasteiger partial charge in [0.25, 0.3) is 5.91 Å². The van der Waals surface area contributed by atoms with Crippen molar-refractivity contribution in [2.24, 2.45) is 4.99 Å². The summed E-state index contributed by atoms with van der Waals surface area (Å²) in [5.41, 5.74) is 4.16. The Kier molecular flexibility index (Phi) is 4.25. The summed E-state index contributed by atoms with van der Waals surface area (Å²) in [5, 5.41) is 1.46. The number of nitrogens with one attached hydrogen (secondary N) is 1. The van der Waals surface area contributed by atoms with Gasteiger partial charge in [-0.05, 0) is 19.1 Å². The molecule has 0 aliphatic carbocycles. The Bertz CT molecular complexity index is 722. The number of amides is 2. The third kappa shape index (κ3) is 2.90. The zero-order valence-electron chi connectivity index (χ0n) is 12.9. The van der Waals surface area contributed by atoms with E-state index in [4.69, 9.17) is 16.3 Å². The van der Waals surface area contributed by atoms with Crippen LogP contribution in [0.4, 0.5) is 5.69 Å². The number of hydrogen-bond donors (Lipinski definition) is 1. The Labute approximate surface area is 143 Å². The van der Waals surface area contributed by atoms with Gasteiger partial charge in [0.05, 0.1) is 23.9 Å². The second-order valence-corrected chi connectivity index (χ2v) is 7.04. The van der Waals surface area contributed by atoms with E-state index in [9.17, 15) is 9.59 Å². The molecule has 2 atom stereocenters. The lowest BCUT2D eigenvalue weighted by atomic mass is 10.0. The molecule has 0 aromatic heterocycles. The molecule has 0 bridgehead atoms. The van der Waals surface area contributed by atoms with Crippen LogP contribution in [0.1, 0.15) is 20.3 Å². The first-order valence-electron chi connectivity index (χ1n) is 7.12. The van der Waals surface area contributed by atoms with E-state index in [1.165, 1.54) is 23.7 Å². The van der Waals surface area contributed by atoms with E-state index >= 15 is 0 Å².